The van der Waals surface area contributed by atoms with Crippen LogP contribution in [0.2, 0.25) is 0 Å². The standard InChI is InChI=1S/C16H22O2/c1-11-10-12(2)14(4)15(13(11)3)8-6-5-7-9-16(17)18/h6,8,10H,5,7,9H2,1-4H3,(H,17,18)/b8-6+. The minimum Gasteiger partial charge on any atom is -0.481 e. The molecule has 1 aromatic rings. The van der Waals surface area contributed by atoms with Crippen LogP contribution in [-0.2, 0) is 4.79 Å². The molecule has 0 aromatic heterocycles. The molecule has 0 aliphatic carbocycles. The topological polar surface area (TPSA) is 37.3 Å². The van der Waals surface area contributed by atoms with Crippen LogP contribution >= 0.6 is 0 Å². The average molecular weight is 246 g/mol. The molecule has 0 fully saturated rings. The number of unbranched alkanes of at least 4 members (excludes halogenated alkanes) is 1. The zero-order valence-corrected chi connectivity index (χ0v) is 11.7. The normalized spacial score (nSPS) is 11.1. The van der Waals surface area contributed by atoms with E-state index >= 15 is 0 Å². The molecule has 2 heteroatoms. The first kappa shape index (κ1) is 14.5. The fourth-order valence-electron chi connectivity index (χ4n) is 2.07. The number of carbonyl (C=O) groups is 1. The molecule has 1 rings (SSSR count). The van der Waals surface area contributed by atoms with Gasteiger partial charge in [-0.3, -0.25) is 4.79 Å². The maximum absolute atomic E-state index is 10.4. The van der Waals surface area contributed by atoms with E-state index in [2.05, 4.69) is 45.9 Å². The van der Waals surface area contributed by atoms with Crippen LogP contribution in [0.15, 0.2) is 12.1 Å². The Morgan fingerprint density at radius 1 is 1.17 bits per heavy atom. The van der Waals surface area contributed by atoms with Crippen molar-refractivity contribution in [2.45, 2.75) is 47.0 Å². The summed E-state index contributed by atoms with van der Waals surface area (Å²) in [6.45, 7) is 8.53. The lowest BCUT2D eigenvalue weighted by atomic mass is 9.94. The van der Waals surface area contributed by atoms with Gasteiger partial charge >= 0.3 is 5.97 Å². The van der Waals surface area contributed by atoms with Crippen LogP contribution in [0.1, 0.15) is 47.1 Å². The lowest BCUT2D eigenvalue weighted by Crippen LogP contribution is -1.94. The third-order valence-corrected chi connectivity index (χ3v) is 3.47. The van der Waals surface area contributed by atoms with Gasteiger partial charge in [0.2, 0.25) is 0 Å². The highest BCUT2D eigenvalue weighted by Gasteiger charge is 2.05. The monoisotopic (exact) mass is 246 g/mol. The third-order valence-electron chi connectivity index (χ3n) is 3.47. The summed E-state index contributed by atoms with van der Waals surface area (Å²) in [6.07, 6.45) is 5.98. The minimum absolute atomic E-state index is 0.245. The summed E-state index contributed by atoms with van der Waals surface area (Å²) in [7, 11) is 0. The van der Waals surface area contributed by atoms with E-state index in [-0.39, 0.29) is 6.42 Å². The molecule has 0 radical (unpaired) electrons. The van der Waals surface area contributed by atoms with Gasteiger partial charge in [0.05, 0.1) is 0 Å². The number of rotatable bonds is 5. The van der Waals surface area contributed by atoms with Gasteiger partial charge < -0.3 is 5.11 Å². The first-order valence-corrected chi connectivity index (χ1v) is 6.39. The molecule has 0 heterocycles. The van der Waals surface area contributed by atoms with Gasteiger partial charge in [0.1, 0.15) is 0 Å². The molecule has 0 aliphatic rings. The van der Waals surface area contributed by atoms with E-state index in [0.29, 0.717) is 6.42 Å². The number of aryl methyl sites for hydroxylation is 2. The van der Waals surface area contributed by atoms with Crippen LogP contribution < -0.4 is 0 Å². The first-order chi connectivity index (χ1) is 8.43. The molecule has 0 bridgehead atoms. The molecule has 1 aromatic carbocycles. The van der Waals surface area contributed by atoms with Crippen molar-refractivity contribution in [1.82, 2.24) is 0 Å². The maximum Gasteiger partial charge on any atom is 0.303 e. The fraction of sp³-hybridized carbons (Fsp3) is 0.438. The number of carboxylic acids is 1. The lowest BCUT2D eigenvalue weighted by Gasteiger charge is -2.12. The summed E-state index contributed by atoms with van der Waals surface area (Å²) in [6, 6.07) is 2.21. The van der Waals surface area contributed by atoms with Gasteiger partial charge in [-0.05, 0) is 68.4 Å². The fourth-order valence-corrected chi connectivity index (χ4v) is 2.07. The highest BCUT2D eigenvalue weighted by Crippen LogP contribution is 2.23. The van der Waals surface area contributed by atoms with E-state index in [1.54, 1.807) is 0 Å². The number of hydrogen-bond donors (Lipinski definition) is 1. The summed E-state index contributed by atoms with van der Waals surface area (Å²) in [5.74, 6) is -0.720. The van der Waals surface area contributed by atoms with Crippen LogP contribution in [0.25, 0.3) is 6.08 Å². The van der Waals surface area contributed by atoms with Gasteiger partial charge in [0.15, 0.2) is 0 Å². The Balaban J connectivity index is 2.78. The Morgan fingerprint density at radius 3 is 2.22 bits per heavy atom. The number of allylic oxidation sites excluding steroid dienone is 1. The van der Waals surface area contributed by atoms with Gasteiger partial charge in [-0.1, -0.05) is 18.2 Å². The van der Waals surface area contributed by atoms with E-state index in [1.165, 1.54) is 27.8 Å². The van der Waals surface area contributed by atoms with Gasteiger partial charge in [0, 0.05) is 6.42 Å². The molecule has 0 saturated carbocycles. The van der Waals surface area contributed by atoms with E-state index in [1.807, 2.05) is 0 Å². The molecule has 1 N–H and O–H groups in total. The van der Waals surface area contributed by atoms with Crippen molar-refractivity contribution in [3.63, 3.8) is 0 Å². The van der Waals surface area contributed by atoms with Gasteiger partial charge in [-0.2, -0.15) is 0 Å². The number of aliphatic carboxylic acids is 1. The molecule has 0 saturated heterocycles. The van der Waals surface area contributed by atoms with E-state index in [9.17, 15) is 4.79 Å². The molecule has 0 atom stereocenters. The van der Waals surface area contributed by atoms with Crippen molar-refractivity contribution in [2.75, 3.05) is 0 Å². The van der Waals surface area contributed by atoms with Crippen LogP contribution in [-0.4, -0.2) is 11.1 Å². The van der Waals surface area contributed by atoms with Gasteiger partial charge in [0.25, 0.3) is 0 Å². The zero-order valence-electron chi connectivity index (χ0n) is 11.7. The summed E-state index contributed by atoms with van der Waals surface area (Å²) >= 11 is 0. The first-order valence-electron chi connectivity index (χ1n) is 6.39. The van der Waals surface area contributed by atoms with Crippen molar-refractivity contribution in [1.29, 1.82) is 0 Å². The second-order valence-electron chi connectivity index (χ2n) is 4.86. The van der Waals surface area contributed by atoms with E-state index < -0.39 is 5.97 Å². The second kappa shape index (κ2) is 6.39. The van der Waals surface area contributed by atoms with Crippen molar-refractivity contribution in [3.8, 4) is 0 Å². The van der Waals surface area contributed by atoms with Gasteiger partial charge in [-0.15, -0.1) is 0 Å². The Bertz CT molecular complexity index is 444. The molecular weight excluding hydrogens is 224 g/mol. The number of hydrogen-bond acceptors (Lipinski definition) is 1. The van der Waals surface area contributed by atoms with Gasteiger partial charge in [-0.25, -0.2) is 0 Å². The molecule has 0 amide bonds. The highest BCUT2D eigenvalue weighted by atomic mass is 16.4. The van der Waals surface area contributed by atoms with Crippen molar-refractivity contribution in [2.24, 2.45) is 0 Å². The summed E-state index contributed by atoms with van der Waals surface area (Å²) < 4.78 is 0. The smallest absolute Gasteiger partial charge is 0.303 e. The molecule has 0 aliphatic heterocycles. The van der Waals surface area contributed by atoms with Crippen molar-refractivity contribution in [3.05, 3.63) is 40.0 Å². The largest absolute Gasteiger partial charge is 0.481 e. The Hall–Kier alpha value is -1.57. The molecule has 18 heavy (non-hydrogen) atoms. The quantitative estimate of drug-likeness (QED) is 0.791. The van der Waals surface area contributed by atoms with Crippen molar-refractivity contribution >= 4 is 12.0 Å². The zero-order chi connectivity index (χ0) is 13.7. The molecular formula is C16H22O2. The molecule has 2 nitrogen and oxygen atoms in total. The number of carboxylic acid groups (broad SMARTS) is 1. The van der Waals surface area contributed by atoms with Crippen LogP contribution in [0.4, 0.5) is 0 Å². The van der Waals surface area contributed by atoms with Crippen LogP contribution in [0, 0.1) is 27.7 Å². The minimum atomic E-state index is -0.720. The second-order valence-corrected chi connectivity index (χ2v) is 4.86. The third kappa shape index (κ3) is 3.73. The van der Waals surface area contributed by atoms with Crippen molar-refractivity contribution < 1.29 is 9.90 Å². The van der Waals surface area contributed by atoms with E-state index in [0.717, 1.165) is 6.42 Å². The molecule has 98 valence electrons. The summed E-state index contributed by atoms with van der Waals surface area (Å²) in [5.41, 5.74) is 6.52. The predicted molar refractivity (Wildman–Crippen MR) is 75.9 cm³/mol. The van der Waals surface area contributed by atoms with Crippen LogP contribution in [0.3, 0.4) is 0 Å². The average Bonchev–Trinajstić information content (AvgIpc) is 2.30. The Kier molecular flexibility index (Phi) is 5.14. The number of benzene rings is 1. The molecule has 0 unspecified atom stereocenters. The highest BCUT2D eigenvalue weighted by molar-refractivity contribution is 5.66. The Labute approximate surface area is 109 Å². The Morgan fingerprint density at radius 2 is 1.72 bits per heavy atom. The maximum atomic E-state index is 10.4. The SMILES string of the molecule is Cc1cc(C)c(C)c(/C=C/CCCC(=O)O)c1C. The summed E-state index contributed by atoms with van der Waals surface area (Å²) in [4.78, 5) is 10.4. The molecule has 0 spiro atoms. The van der Waals surface area contributed by atoms with Crippen LogP contribution in [0.5, 0.6) is 0 Å². The van der Waals surface area contributed by atoms with E-state index in [4.69, 9.17) is 5.11 Å². The summed E-state index contributed by atoms with van der Waals surface area (Å²) in [5, 5.41) is 8.57. The predicted octanol–water partition coefficient (Wildman–Crippen LogP) is 4.19. The lowest BCUT2D eigenvalue weighted by molar-refractivity contribution is -0.137.